The van der Waals surface area contributed by atoms with Gasteiger partial charge < -0.3 is 10.1 Å². The molecular weight excluding hydrogens is 352 g/mol. The van der Waals surface area contributed by atoms with E-state index in [1.165, 1.54) is 12.8 Å². The van der Waals surface area contributed by atoms with E-state index >= 15 is 0 Å². The van der Waals surface area contributed by atoms with Crippen molar-refractivity contribution < 1.29 is 9.53 Å². The van der Waals surface area contributed by atoms with Crippen LogP contribution >= 0.6 is 23.1 Å². The average molecular weight is 377 g/mol. The molecule has 1 aliphatic carbocycles. The van der Waals surface area contributed by atoms with Gasteiger partial charge in [-0.15, -0.1) is 23.1 Å². The fourth-order valence-corrected chi connectivity index (χ4v) is 3.86. The van der Waals surface area contributed by atoms with Crippen LogP contribution in [0.5, 0.6) is 0 Å². The Hall–Kier alpha value is -1.37. The van der Waals surface area contributed by atoms with Gasteiger partial charge in [0.2, 0.25) is 0 Å². The normalized spacial score (nSPS) is 13.8. The maximum Gasteiger partial charge on any atom is 0.251 e. The van der Waals surface area contributed by atoms with Gasteiger partial charge in [-0.1, -0.05) is 0 Å². The van der Waals surface area contributed by atoms with E-state index in [-0.39, 0.29) is 5.91 Å². The first-order valence-corrected chi connectivity index (χ1v) is 10.6. The Morgan fingerprint density at radius 1 is 1.36 bits per heavy atom. The van der Waals surface area contributed by atoms with Gasteiger partial charge in [-0.3, -0.25) is 4.79 Å². The minimum atomic E-state index is -0.0196. The summed E-state index contributed by atoms with van der Waals surface area (Å²) in [7, 11) is 0. The Balaban J connectivity index is 1.34. The van der Waals surface area contributed by atoms with Gasteiger partial charge in [0.25, 0.3) is 5.91 Å². The van der Waals surface area contributed by atoms with Gasteiger partial charge in [0, 0.05) is 41.4 Å². The lowest BCUT2D eigenvalue weighted by atomic mass is 10.2. The van der Waals surface area contributed by atoms with Crippen LogP contribution in [0.4, 0.5) is 0 Å². The molecule has 6 heteroatoms. The number of amides is 1. The first kappa shape index (κ1) is 18.4. The number of nitrogens with one attached hydrogen (secondary N) is 1. The lowest BCUT2D eigenvalue weighted by molar-refractivity contribution is 0.0937. The highest BCUT2D eigenvalue weighted by Crippen LogP contribution is 2.28. The molecule has 4 nitrogen and oxygen atoms in total. The summed E-state index contributed by atoms with van der Waals surface area (Å²) in [6.45, 7) is 4.28. The summed E-state index contributed by atoms with van der Waals surface area (Å²) in [6.07, 6.45) is 3.49. The number of rotatable bonds is 10. The number of thiazole rings is 1. The Labute approximate surface area is 157 Å². The summed E-state index contributed by atoms with van der Waals surface area (Å²) in [5, 5.41) is 6.14. The van der Waals surface area contributed by atoms with Gasteiger partial charge in [-0.25, -0.2) is 4.98 Å². The van der Waals surface area contributed by atoms with Crippen LogP contribution in [0, 0.1) is 12.8 Å². The van der Waals surface area contributed by atoms with E-state index < -0.39 is 0 Å². The second kappa shape index (κ2) is 9.36. The SMILES string of the molecule is Cc1nc(CSc2ccc(C(=O)NCCCOCC3CC3)cc2)cs1. The van der Waals surface area contributed by atoms with Crippen molar-refractivity contribution >= 4 is 29.0 Å². The van der Waals surface area contributed by atoms with Gasteiger partial charge >= 0.3 is 0 Å². The second-order valence-electron chi connectivity index (χ2n) is 6.30. The molecule has 1 heterocycles. The van der Waals surface area contributed by atoms with Crippen LogP contribution < -0.4 is 5.32 Å². The zero-order chi connectivity index (χ0) is 17.5. The molecule has 0 saturated heterocycles. The van der Waals surface area contributed by atoms with Crippen molar-refractivity contribution in [2.24, 2.45) is 5.92 Å². The predicted octanol–water partition coefficient (Wildman–Crippen LogP) is 4.29. The van der Waals surface area contributed by atoms with Crippen molar-refractivity contribution in [3.05, 3.63) is 45.9 Å². The molecule has 2 aromatic rings. The van der Waals surface area contributed by atoms with Crippen molar-refractivity contribution in [3.8, 4) is 0 Å². The van der Waals surface area contributed by atoms with Crippen LogP contribution in [0.25, 0.3) is 0 Å². The summed E-state index contributed by atoms with van der Waals surface area (Å²) < 4.78 is 5.57. The number of carbonyl (C=O) groups excluding carboxylic acids is 1. The van der Waals surface area contributed by atoms with E-state index in [2.05, 4.69) is 15.7 Å². The Kier molecular flexibility index (Phi) is 6.90. The van der Waals surface area contributed by atoms with E-state index in [1.807, 2.05) is 31.2 Å². The molecule has 1 saturated carbocycles. The van der Waals surface area contributed by atoms with Crippen LogP contribution in [-0.4, -0.2) is 30.6 Å². The van der Waals surface area contributed by atoms with E-state index in [1.54, 1.807) is 23.1 Å². The largest absolute Gasteiger partial charge is 0.381 e. The summed E-state index contributed by atoms with van der Waals surface area (Å²) in [5.74, 6) is 1.64. The summed E-state index contributed by atoms with van der Waals surface area (Å²) >= 11 is 3.41. The molecule has 0 unspecified atom stereocenters. The molecule has 0 bridgehead atoms. The monoisotopic (exact) mass is 376 g/mol. The third-order valence-electron chi connectivity index (χ3n) is 3.97. The van der Waals surface area contributed by atoms with Crippen molar-refractivity contribution in [1.29, 1.82) is 0 Å². The predicted molar refractivity (Wildman–Crippen MR) is 103 cm³/mol. The van der Waals surface area contributed by atoms with E-state index in [4.69, 9.17) is 4.74 Å². The maximum atomic E-state index is 12.1. The Bertz CT molecular complexity index is 681. The van der Waals surface area contributed by atoms with E-state index in [9.17, 15) is 4.79 Å². The van der Waals surface area contributed by atoms with Crippen LogP contribution in [0.2, 0.25) is 0 Å². The zero-order valence-electron chi connectivity index (χ0n) is 14.5. The van der Waals surface area contributed by atoms with Gasteiger partial charge in [0.1, 0.15) is 0 Å². The minimum absolute atomic E-state index is 0.0196. The molecule has 0 aliphatic heterocycles. The molecule has 1 aromatic carbocycles. The van der Waals surface area contributed by atoms with E-state index in [0.717, 1.165) is 46.9 Å². The molecular formula is C19H24N2O2S2. The number of carbonyl (C=O) groups is 1. The molecule has 3 rings (SSSR count). The first-order valence-electron chi connectivity index (χ1n) is 8.70. The van der Waals surface area contributed by atoms with Crippen LogP contribution in [0.1, 0.15) is 40.3 Å². The van der Waals surface area contributed by atoms with Gasteiger partial charge in [-0.2, -0.15) is 0 Å². The molecule has 0 atom stereocenters. The third-order valence-corrected chi connectivity index (χ3v) is 5.84. The van der Waals surface area contributed by atoms with Gasteiger partial charge in [0.15, 0.2) is 0 Å². The number of aryl methyl sites for hydroxylation is 1. The number of nitrogens with zero attached hydrogens (tertiary/aromatic N) is 1. The summed E-state index contributed by atoms with van der Waals surface area (Å²) in [4.78, 5) is 17.7. The molecule has 0 spiro atoms. The highest BCUT2D eigenvalue weighted by molar-refractivity contribution is 7.98. The van der Waals surface area contributed by atoms with E-state index in [0.29, 0.717) is 12.1 Å². The number of benzene rings is 1. The number of hydrogen-bond acceptors (Lipinski definition) is 5. The lowest BCUT2D eigenvalue weighted by Gasteiger charge is -2.07. The number of hydrogen-bond donors (Lipinski definition) is 1. The molecule has 1 fully saturated rings. The van der Waals surface area contributed by atoms with Crippen LogP contribution in [0.15, 0.2) is 34.5 Å². The van der Waals surface area contributed by atoms with Gasteiger partial charge in [-0.05, 0) is 56.4 Å². The fourth-order valence-electron chi connectivity index (χ4n) is 2.35. The smallest absolute Gasteiger partial charge is 0.251 e. The fraction of sp³-hybridized carbons (Fsp3) is 0.474. The van der Waals surface area contributed by atoms with Crippen LogP contribution in [-0.2, 0) is 10.5 Å². The lowest BCUT2D eigenvalue weighted by Crippen LogP contribution is -2.25. The summed E-state index contributed by atoms with van der Waals surface area (Å²) in [6, 6.07) is 7.76. The molecule has 1 aliphatic rings. The second-order valence-corrected chi connectivity index (χ2v) is 8.41. The van der Waals surface area contributed by atoms with Crippen molar-refractivity contribution in [1.82, 2.24) is 10.3 Å². The number of aromatic nitrogens is 1. The standard InChI is InChI=1S/C19H24N2O2S2/c1-14-21-17(12-24-14)13-25-18-7-5-16(6-8-18)19(22)20-9-2-10-23-11-15-3-4-15/h5-8,12,15H,2-4,9-11,13H2,1H3,(H,20,22). The molecule has 1 amide bonds. The van der Waals surface area contributed by atoms with Gasteiger partial charge in [0.05, 0.1) is 10.7 Å². The van der Waals surface area contributed by atoms with Crippen molar-refractivity contribution in [3.63, 3.8) is 0 Å². The number of thioether (sulfide) groups is 1. The topological polar surface area (TPSA) is 51.2 Å². The Morgan fingerprint density at radius 2 is 2.16 bits per heavy atom. The highest BCUT2D eigenvalue weighted by atomic mass is 32.2. The third kappa shape index (κ3) is 6.45. The minimum Gasteiger partial charge on any atom is -0.381 e. The zero-order valence-corrected chi connectivity index (χ0v) is 16.1. The van der Waals surface area contributed by atoms with Crippen LogP contribution in [0.3, 0.4) is 0 Å². The molecule has 1 aromatic heterocycles. The average Bonchev–Trinajstić information content (AvgIpc) is 3.36. The summed E-state index contributed by atoms with van der Waals surface area (Å²) in [5.41, 5.74) is 1.81. The molecule has 0 radical (unpaired) electrons. The van der Waals surface area contributed by atoms with Crippen molar-refractivity contribution in [2.75, 3.05) is 19.8 Å². The number of ether oxygens (including phenoxy) is 1. The Morgan fingerprint density at radius 3 is 2.84 bits per heavy atom. The molecule has 134 valence electrons. The quantitative estimate of drug-likeness (QED) is 0.496. The highest BCUT2D eigenvalue weighted by Gasteiger charge is 2.20. The maximum absolute atomic E-state index is 12.1. The molecule has 1 N–H and O–H groups in total. The molecule has 25 heavy (non-hydrogen) atoms. The first-order chi connectivity index (χ1) is 12.2. The van der Waals surface area contributed by atoms with Crippen molar-refractivity contribution in [2.45, 2.75) is 36.8 Å².